The summed E-state index contributed by atoms with van der Waals surface area (Å²) in [6.07, 6.45) is 0.769. The van der Waals surface area contributed by atoms with Crippen LogP contribution in [0.4, 0.5) is 8.78 Å². The van der Waals surface area contributed by atoms with Crippen LogP contribution < -0.4 is 0 Å². The Bertz CT molecular complexity index is 1080. The van der Waals surface area contributed by atoms with Crippen LogP contribution in [0, 0.1) is 11.6 Å². The molecule has 0 heterocycles. The molecular weight excluding hydrogens is 449 g/mol. The molecule has 0 atom stereocenters. The Hall–Kier alpha value is -2.93. The summed E-state index contributed by atoms with van der Waals surface area (Å²) < 4.78 is 33.4. The summed E-state index contributed by atoms with van der Waals surface area (Å²) in [5.41, 5.74) is -2.20. The molecule has 0 aliphatic rings. The number of ether oxygens (including phenoxy) is 1. The Morgan fingerprint density at radius 1 is 0.935 bits per heavy atom. The predicted molar refractivity (Wildman–Crippen MR) is 114 cm³/mol. The number of rotatable bonds is 6. The SMILES string of the molecule is O=C(OCC(=CO)c1ccccc1)C(O)(c1ccc(Cl)c(F)c1)c1ccc(Cl)c(F)c1. The van der Waals surface area contributed by atoms with E-state index in [9.17, 15) is 23.8 Å². The van der Waals surface area contributed by atoms with Crippen molar-refractivity contribution in [2.45, 2.75) is 5.60 Å². The highest BCUT2D eigenvalue weighted by Crippen LogP contribution is 2.35. The van der Waals surface area contributed by atoms with Gasteiger partial charge in [-0.15, -0.1) is 0 Å². The molecule has 8 heteroatoms. The second kappa shape index (κ2) is 9.47. The van der Waals surface area contributed by atoms with Crippen molar-refractivity contribution in [2.75, 3.05) is 6.61 Å². The summed E-state index contributed by atoms with van der Waals surface area (Å²) >= 11 is 11.4. The molecule has 0 aromatic heterocycles. The number of esters is 1. The highest BCUT2D eigenvalue weighted by Gasteiger charge is 2.43. The first-order valence-electron chi connectivity index (χ1n) is 8.96. The normalized spacial score (nSPS) is 12.0. The Kier molecular flexibility index (Phi) is 6.95. The van der Waals surface area contributed by atoms with Crippen molar-refractivity contribution >= 4 is 34.7 Å². The Morgan fingerprint density at radius 3 is 1.90 bits per heavy atom. The minimum Gasteiger partial charge on any atom is -0.515 e. The van der Waals surface area contributed by atoms with Gasteiger partial charge in [-0.25, -0.2) is 13.6 Å². The third-order valence-corrected chi connectivity index (χ3v) is 5.24. The largest absolute Gasteiger partial charge is 0.515 e. The lowest BCUT2D eigenvalue weighted by Crippen LogP contribution is -2.39. The lowest BCUT2D eigenvalue weighted by Gasteiger charge is -2.27. The van der Waals surface area contributed by atoms with Gasteiger partial charge in [-0.3, -0.25) is 0 Å². The molecule has 0 amide bonds. The van der Waals surface area contributed by atoms with Gasteiger partial charge in [0.05, 0.1) is 16.3 Å². The fourth-order valence-corrected chi connectivity index (χ4v) is 3.17. The van der Waals surface area contributed by atoms with Gasteiger partial charge in [-0.05, 0) is 29.8 Å². The molecule has 3 rings (SSSR count). The maximum atomic E-state index is 14.1. The minimum absolute atomic E-state index is 0.226. The summed E-state index contributed by atoms with van der Waals surface area (Å²) in [4.78, 5) is 13.0. The average molecular weight is 465 g/mol. The summed E-state index contributed by atoms with van der Waals surface area (Å²) in [6.45, 7) is -0.409. The molecule has 0 unspecified atom stereocenters. The number of carbonyl (C=O) groups excluding carboxylic acids is 1. The maximum absolute atomic E-state index is 14.1. The second-order valence-corrected chi connectivity index (χ2v) is 7.38. The molecule has 0 saturated carbocycles. The second-order valence-electron chi connectivity index (χ2n) is 6.56. The molecule has 0 spiro atoms. The number of hydrogen-bond donors (Lipinski definition) is 2. The van der Waals surface area contributed by atoms with E-state index in [-0.39, 0.29) is 26.7 Å². The number of aliphatic hydroxyl groups is 2. The maximum Gasteiger partial charge on any atom is 0.348 e. The number of benzene rings is 3. The first-order valence-corrected chi connectivity index (χ1v) is 9.72. The Balaban J connectivity index is 2.00. The molecule has 0 bridgehead atoms. The fraction of sp³-hybridized carbons (Fsp3) is 0.0870. The first-order chi connectivity index (χ1) is 14.8. The van der Waals surface area contributed by atoms with Gasteiger partial charge in [0.25, 0.3) is 0 Å². The summed E-state index contributed by atoms with van der Waals surface area (Å²) in [6, 6.07) is 15.1. The van der Waals surface area contributed by atoms with Crippen molar-refractivity contribution in [3.8, 4) is 0 Å². The first kappa shape index (κ1) is 22.7. The zero-order valence-corrected chi connectivity index (χ0v) is 17.4. The van der Waals surface area contributed by atoms with Crippen molar-refractivity contribution in [1.82, 2.24) is 0 Å². The topological polar surface area (TPSA) is 66.8 Å². The molecule has 4 nitrogen and oxygen atoms in total. The van der Waals surface area contributed by atoms with Crippen LogP contribution in [0.3, 0.4) is 0 Å². The van der Waals surface area contributed by atoms with E-state index in [0.717, 1.165) is 30.5 Å². The number of aliphatic hydroxyl groups excluding tert-OH is 1. The van der Waals surface area contributed by atoms with E-state index >= 15 is 0 Å². The lowest BCUT2D eigenvalue weighted by molar-refractivity contribution is -0.160. The number of halogens is 4. The average Bonchev–Trinajstić information content (AvgIpc) is 2.78. The summed E-state index contributed by atoms with van der Waals surface area (Å²) in [5, 5.41) is 20.4. The van der Waals surface area contributed by atoms with Gasteiger partial charge in [-0.1, -0.05) is 65.7 Å². The van der Waals surface area contributed by atoms with Crippen molar-refractivity contribution < 1.29 is 28.5 Å². The zero-order valence-electron chi connectivity index (χ0n) is 15.9. The van der Waals surface area contributed by atoms with Crippen LogP contribution in [0.15, 0.2) is 73.0 Å². The summed E-state index contributed by atoms with van der Waals surface area (Å²) in [5.74, 6) is -2.99. The Morgan fingerprint density at radius 2 is 1.45 bits per heavy atom. The van der Waals surface area contributed by atoms with Crippen molar-refractivity contribution in [1.29, 1.82) is 0 Å². The van der Waals surface area contributed by atoms with Crippen molar-refractivity contribution in [3.05, 3.63) is 111 Å². The van der Waals surface area contributed by atoms with E-state index in [2.05, 4.69) is 0 Å². The van der Waals surface area contributed by atoms with Crippen LogP contribution in [-0.2, 0) is 15.1 Å². The summed E-state index contributed by atoms with van der Waals surface area (Å²) in [7, 11) is 0. The lowest BCUT2D eigenvalue weighted by atomic mass is 9.86. The molecule has 2 N–H and O–H groups in total. The Labute approximate surface area is 186 Å². The van der Waals surface area contributed by atoms with Gasteiger partial charge in [0.15, 0.2) is 0 Å². The van der Waals surface area contributed by atoms with Gasteiger partial charge in [0, 0.05) is 16.7 Å². The molecule has 3 aromatic rings. The van der Waals surface area contributed by atoms with Crippen LogP contribution in [0.1, 0.15) is 16.7 Å². The molecule has 3 aromatic carbocycles. The molecule has 0 radical (unpaired) electrons. The molecule has 0 aliphatic carbocycles. The molecular formula is C23H16Cl2F2O4. The molecule has 0 fully saturated rings. The van der Waals surface area contributed by atoms with Crippen LogP contribution in [-0.4, -0.2) is 22.8 Å². The van der Waals surface area contributed by atoms with Gasteiger partial charge < -0.3 is 14.9 Å². The van der Waals surface area contributed by atoms with Gasteiger partial charge in [-0.2, -0.15) is 0 Å². The van der Waals surface area contributed by atoms with Gasteiger partial charge in [0.1, 0.15) is 18.2 Å². The number of carbonyl (C=O) groups is 1. The molecule has 0 saturated heterocycles. The van der Waals surface area contributed by atoms with E-state index in [1.54, 1.807) is 30.3 Å². The zero-order chi connectivity index (χ0) is 22.6. The van der Waals surface area contributed by atoms with E-state index in [4.69, 9.17) is 27.9 Å². The molecule has 160 valence electrons. The third-order valence-electron chi connectivity index (χ3n) is 4.63. The van der Waals surface area contributed by atoms with Crippen LogP contribution in [0.2, 0.25) is 10.0 Å². The minimum atomic E-state index is -2.58. The fourth-order valence-electron chi connectivity index (χ4n) is 2.94. The highest BCUT2D eigenvalue weighted by atomic mass is 35.5. The van der Waals surface area contributed by atoms with Crippen molar-refractivity contribution in [2.24, 2.45) is 0 Å². The quantitative estimate of drug-likeness (QED) is 0.365. The number of hydrogen-bond acceptors (Lipinski definition) is 4. The molecule has 0 aliphatic heterocycles. The monoisotopic (exact) mass is 464 g/mol. The molecule has 31 heavy (non-hydrogen) atoms. The highest BCUT2D eigenvalue weighted by molar-refractivity contribution is 6.31. The van der Waals surface area contributed by atoms with E-state index < -0.39 is 29.8 Å². The van der Waals surface area contributed by atoms with E-state index in [0.29, 0.717) is 5.56 Å². The van der Waals surface area contributed by atoms with Crippen molar-refractivity contribution in [3.63, 3.8) is 0 Å². The van der Waals surface area contributed by atoms with E-state index in [1.165, 1.54) is 12.1 Å². The predicted octanol–water partition coefficient (Wildman–Crippen LogP) is 5.65. The van der Waals surface area contributed by atoms with Crippen LogP contribution in [0.25, 0.3) is 5.57 Å². The standard InChI is InChI=1S/C23H16Cl2F2O4/c24-18-8-6-16(10-20(18)26)23(30,17-7-9-19(25)21(27)11-17)22(29)31-13-15(12-28)14-4-2-1-3-5-14/h1-12,28,30H,13H2. The third kappa shape index (κ3) is 4.71. The van der Waals surface area contributed by atoms with Gasteiger partial charge in [0.2, 0.25) is 5.60 Å². The van der Waals surface area contributed by atoms with Gasteiger partial charge >= 0.3 is 5.97 Å². The smallest absolute Gasteiger partial charge is 0.348 e. The van der Waals surface area contributed by atoms with E-state index in [1.807, 2.05) is 0 Å². The van der Waals surface area contributed by atoms with Crippen LogP contribution >= 0.6 is 23.2 Å². The van der Waals surface area contributed by atoms with Crippen LogP contribution in [0.5, 0.6) is 0 Å².